The molecule has 0 radical (unpaired) electrons. The van der Waals surface area contributed by atoms with Crippen LogP contribution in [0, 0.1) is 0 Å². The van der Waals surface area contributed by atoms with E-state index in [0.717, 1.165) is 13.1 Å². The lowest BCUT2D eigenvalue weighted by Crippen LogP contribution is -2.21. The zero-order valence-electron chi connectivity index (χ0n) is 13.5. The minimum atomic E-state index is -0.240. The van der Waals surface area contributed by atoms with Crippen LogP contribution < -0.4 is 15.4 Å². The second-order valence-electron chi connectivity index (χ2n) is 5.22. The van der Waals surface area contributed by atoms with Gasteiger partial charge in [-0.2, -0.15) is 0 Å². The molecule has 1 aromatic heterocycles. The number of hydrogen-bond donors (Lipinski definition) is 2. The molecule has 0 saturated heterocycles. The second kappa shape index (κ2) is 8.09. The average Bonchev–Trinajstić information content (AvgIpc) is 2.56. The van der Waals surface area contributed by atoms with Crippen LogP contribution in [0.15, 0.2) is 36.4 Å². The van der Waals surface area contributed by atoms with Crippen LogP contribution in [-0.2, 0) is 0 Å². The van der Waals surface area contributed by atoms with E-state index in [1.807, 2.05) is 14.1 Å². The maximum atomic E-state index is 12.1. The lowest BCUT2D eigenvalue weighted by atomic mass is 10.2. The molecule has 1 amide bonds. The molecule has 0 aliphatic rings. The maximum Gasteiger partial charge on any atom is 0.256 e. The topological polar surface area (TPSA) is 79.4 Å². The summed E-state index contributed by atoms with van der Waals surface area (Å²) in [5, 5.41) is 13.9. The van der Waals surface area contributed by atoms with Crippen molar-refractivity contribution < 1.29 is 9.53 Å². The number of aromatic nitrogens is 2. The molecule has 7 nitrogen and oxygen atoms in total. The predicted molar refractivity (Wildman–Crippen MR) is 90.0 cm³/mol. The number of hydrogen-bond acceptors (Lipinski definition) is 6. The first-order valence-corrected chi connectivity index (χ1v) is 7.26. The number of rotatable bonds is 7. The Balaban J connectivity index is 1.90. The lowest BCUT2D eigenvalue weighted by molar-refractivity contribution is 0.102. The highest BCUT2D eigenvalue weighted by molar-refractivity contribution is 6.03. The van der Waals surface area contributed by atoms with Crippen LogP contribution in [0.1, 0.15) is 10.4 Å². The highest BCUT2D eigenvalue weighted by atomic mass is 16.5. The highest BCUT2D eigenvalue weighted by Gasteiger charge is 2.07. The third kappa shape index (κ3) is 5.23. The lowest BCUT2D eigenvalue weighted by Gasteiger charge is -2.10. The molecule has 7 heteroatoms. The Kier molecular flexibility index (Phi) is 5.87. The average molecular weight is 315 g/mol. The number of methoxy groups -OCH3 is 1. The third-order valence-corrected chi connectivity index (χ3v) is 3.12. The fourth-order valence-electron chi connectivity index (χ4n) is 1.83. The third-order valence-electron chi connectivity index (χ3n) is 3.12. The number of benzene rings is 1. The fourth-order valence-corrected chi connectivity index (χ4v) is 1.83. The van der Waals surface area contributed by atoms with Crippen molar-refractivity contribution in [3.63, 3.8) is 0 Å². The molecular formula is C16H21N5O2. The SMILES string of the molecule is COc1ccc(C(=O)Nc2ccc(NCCN(C)C)nn2)cc1. The van der Waals surface area contributed by atoms with Gasteiger partial charge in [0, 0.05) is 18.7 Å². The van der Waals surface area contributed by atoms with Crippen molar-refractivity contribution in [2.75, 3.05) is 44.9 Å². The molecule has 0 saturated carbocycles. The van der Waals surface area contributed by atoms with Gasteiger partial charge < -0.3 is 20.3 Å². The number of ether oxygens (including phenoxy) is 1. The van der Waals surface area contributed by atoms with Crippen molar-refractivity contribution in [1.82, 2.24) is 15.1 Å². The molecule has 1 heterocycles. The van der Waals surface area contributed by atoms with Crippen LogP contribution in [0.25, 0.3) is 0 Å². The zero-order valence-corrected chi connectivity index (χ0v) is 13.5. The Labute approximate surface area is 135 Å². The van der Waals surface area contributed by atoms with Crippen molar-refractivity contribution in [2.24, 2.45) is 0 Å². The number of carbonyl (C=O) groups excluding carboxylic acids is 1. The van der Waals surface area contributed by atoms with E-state index in [2.05, 4.69) is 25.7 Å². The van der Waals surface area contributed by atoms with E-state index in [1.54, 1.807) is 43.5 Å². The summed E-state index contributed by atoms with van der Waals surface area (Å²) in [6, 6.07) is 10.4. The summed E-state index contributed by atoms with van der Waals surface area (Å²) in [7, 11) is 5.59. The zero-order chi connectivity index (χ0) is 16.7. The predicted octanol–water partition coefficient (Wildman–Crippen LogP) is 1.71. The maximum absolute atomic E-state index is 12.1. The van der Waals surface area contributed by atoms with Crippen LogP contribution in [0.5, 0.6) is 5.75 Å². The van der Waals surface area contributed by atoms with E-state index in [0.29, 0.717) is 22.9 Å². The van der Waals surface area contributed by atoms with Gasteiger partial charge in [0.05, 0.1) is 7.11 Å². The molecule has 0 atom stereocenters. The van der Waals surface area contributed by atoms with Gasteiger partial charge in [0.25, 0.3) is 5.91 Å². The summed E-state index contributed by atoms with van der Waals surface area (Å²) in [4.78, 5) is 14.2. The minimum absolute atomic E-state index is 0.240. The number of amides is 1. The Morgan fingerprint density at radius 2 is 1.74 bits per heavy atom. The molecule has 0 aliphatic carbocycles. The van der Waals surface area contributed by atoms with Gasteiger partial charge in [-0.3, -0.25) is 4.79 Å². The Bertz CT molecular complexity index is 626. The van der Waals surface area contributed by atoms with Crippen molar-refractivity contribution >= 4 is 17.5 Å². The van der Waals surface area contributed by atoms with Crippen molar-refractivity contribution in [1.29, 1.82) is 0 Å². The highest BCUT2D eigenvalue weighted by Crippen LogP contribution is 2.13. The number of likely N-dealkylation sites (N-methyl/N-ethyl adjacent to an activating group) is 1. The van der Waals surface area contributed by atoms with Gasteiger partial charge in [-0.05, 0) is 50.5 Å². The molecule has 2 rings (SSSR count). The first kappa shape index (κ1) is 16.7. The number of carbonyl (C=O) groups is 1. The molecule has 0 unspecified atom stereocenters. The van der Waals surface area contributed by atoms with E-state index in [9.17, 15) is 4.79 Å². The number of nitrogens with zero attached hydrogens (tertiary/aromatic N) is 3. The first-order valence-electron chi connectivity index (χ1n) is 7.26. The largest absolute Gasteiger partial charge is 0.497 e. The van der Waals surface area contributed by atoms with Crippen LogP contribution in [0.2, 0.25) is 0 Å². The van der Waals surface area contributed by atoms with Gasteiger partial charge in [0.1, 0.15) is 11.6 Å². The van der Waals surface area contributed by atoms with Crippen LogP contribution in [0.3, 0.4) is 0 Å². The van der Waals surface area contributed by atoms with Gasteiger partial charge in [0.2, 0.25) is 0 Å². The van der Waals surface area contributed by atoms with Gasteiger partial charge in [0.15, 0.2) is 5.82 Å². The standard InChI is InChI=1S/C16H21N5O2/c1-21(2)11-10-17-14-8-9-15(20-19-14)18-16(22)12-4-6-13(23-3)7-5-12/h4-9H,10-11H2,1-3H3,(H,17,19)(H,18,20,22). The molecule has 0 bridgehead atoms. The Morgan fingerprint density at radius 1 is 1.09 bits per heavy atom. The molecule has 0 spiro atoms. The molecule has 2 aromatic rings. The van der Waals surface area contributed by atoms with Crippen LogP contribution >= 0.6 is 0 Å². The summed E-state index contributed by atoms with van der Waals surface area (Å²) in [5.41, 5.74) is 0.529. The summed E-state index contributed by atoms with van der Waals surface area (Å²) in [6.07, 6.45) is 0. The molecule has 0 aliphatic heterocycles. The van der Waals surface area contributed by atoms with Crippen molar-refractivity contribution in [2.45, 2.75) is 0 Å². The van der Waals surface area contributed by atoms with Gasteiger partial charge >= 0.3 is 0 Å². The van der Waals surface area contributed by atoms with E-state index in [-0.39, 0.29) is 5.91 Å². The van der Waals surface area contributed by atoms with Crippen molar-refractivity contribution in [3.05, 3.63) is 42.0 Å². The smallest absolute Gasteiger partial charge is 0.256 e. The van der Waals surface area contributed by atoms with Crippen LogP contribution in [-0.4, -0.2) is 55.3 Å². The summed E-state index contributed by atoms with van der Waals surface area (Å²) in [5.74, 6) is 1.54. The molecule has 0 fully saturated rings. The molecular weight excluding hydrogens is 294 g/mol. The van der Waals surface area contributed by atoms with Gasteiger partial charge in [-0.1, -0.05) is 0 Å². The summed E-state index contributed by atoms with van der Waals surface area (Å²) in [6.45, 7) is 1.68. The monoisotopic (exact) mass is 315 g/mol. The quantitative estimate of drug-likeness (QED) is 0.810. The fraction of sp³-hybridized carbons (Fsp3) is 0.312. The number of nitrogens with one attached hydrogen (secondary N) is 2. The summed E-state index contributed by atoms with van der Waals surface area (Å²) < 4.78 is 5.06. The Morgan fingerprint density at radius 3 is 2.30 bits per heavy atom. The van der Waals surface area contributed by atoms with Gasteiger partial charge in [-0.15, -0.1) is 10.2 Å². The number of anilines is 2. The molecule has 2 N–H and O–H groups in total. The van der Waals surface area contributed by atoms with E-state index < -0.39 is 0 Å². The van der Waals surface area contributed by atoms with E-state index >= 15 is 0 Å². The molecule has 1 aromatic carbocycles. The van der Waals surface area contributed by atoms with E-state index in [4.69, 9.17) is 4.74 Å². The molecule has 23 heavy (non-hydrogen) atoms. The van der Waals surface area contributed by atoms with Gasteiger partial charge in [-0.25, -0.2) is 0 Å². The normalized spacial score (nSPS) is 10.4. The first-order chi connectivity index (χ1) is 11.1. The van der Waals surface area contributed by atoms with Crippen molar-refractivity contribution in [3.8, 4) is 5.75 Å². The second-order valence-corrected chi connectivity index (χ2v) is 5.22. The van der Waals surface area contributed by atoms with Crippen LogP contribution in [0.4, 0.5) is 11.6 Å². The Hall–Kier alpha value is -2.67. The minimum Gasteiger partial charge on any atom is -0.497 e. The molecule has 122 valence electrons. The summed E-state index contributed by atoms with van der Waals surface area (Å²) >= 11 is 0. The van der Waals surface area contributed by atoms with E-state index in [1.165, 1.54) is 0 Å².